The maximum Gasteiger partial charge on any atom is 0.417 e. The van der Waals surface area contributed by atoms with Crippen molar-refractivity contribution >= 4 is 11.7 Å². The molecule has 0 saturated carbocycles. The Balaban J connectivity index is 1.55. The van der Waals surface area contributed by atoms with Crippen LogP contribution in [0.15, 0.2) is 48.8 Å². The third-order valence-corrected chi connectivity index (χ3v) is 4.41. The minimum atomic E-state index is -4.42. The second kappa shape index (κ2) is 8.34. The van der Waals surface area contributed by atoms with Crippen LogP contribution in [0.2, 0.25) is 0 Å². The number of benzene rings is 1. The zero-order valence-corrected chi connectivity index (χ0v) is 15.9. The molecule has 3 aromatic rings. The van der Waals surface area contributed by atoms with E-state index >= 15 is 0 Å². The SMILES string of the molecule is Cc1ccccc1-n1ncc(C(=O)NCCNc2ccc(C(F)(F)F)cn2)c1C. The average molecular weight is 403 g/mol. The fraction of sp³-hybridized carbons (Fsp3) is 0.250. The number of amides is 1. The van der Waals surface area contributed by atoms with Crippen molar-refractivity contribution in [3.63, 3.8) is 0 Å². The van der Waals surface area contributed by atoms with E-state index in [9.17, 15) is 18.0 Å². The molecule has 2 heterocycles. The molecule has 2 N–H and O–H groups in total. The van der Waals surface area contributed by atoms with E-state index in [1.165, 1.54) is 12.3 Å². The number of carbonyl (C=O) groups excluding carboxylic acids is 1. The van der Waals surface area contributed by atoms with Crippen LogP contribution in [0.25, 0.3) is 5.69 Å². The van der Waals surface area contributed by atoms with Crippen LogP contribution < -0.4 is 10.6 Å². The smallest absolute Gasteiger partial charge is 0.368 e. The Bertz CT molecular complexity index is 996. The quantitative estimate of drug-likeness (QED) is 0.615. The lowest BCUT2D eigenvalue weighted by Crippen LogP contribution is -2.29. The lowest BCUT2D eigenvalue weighted by Gasteiger charge is -2.10. The second-order valence-electron chi connectivity index (χ2n) is 6.45. The van der Waals surface area contributed by atoms with Crippen LogP contribution in [-0.2, 0) is 6.18 Å². The maximum atomic E-state index is 12.5. The van der Waals surface area contributed by atoms with E-state index in [4.69, 9.17) is 0 Å². The van der Waals surface area contributed by atoms with Gasteiger partial charge in [0.15, 0.2) is 0 Å². The molecule has 0 unspecified atom stereocenters. The van der Waals surface area contributed by atoms with E-state index in [-0.39, 0.29) is 12.5 Å². The minimum absolute atomic E-state index is 0.274. The lowest BCUT2D eigenvalue weighted by molar-refractivity contribution is -0.137. The number of pyridine rings is 1. The van der Waals surface area contributed by atoms with Gasteiger partial charge < -0.3 is 10.6 Å². The molecule has 0 spiro atoms. The van der Waals surface area contributed by atoms with E-state index in [1.54, 1.807) is 4.68 Å². The van der Waals surface area contributed by atoms with Crippen LogP contribution in [0.3, 0.4) is 0 Å². The third-order valence-electron chi connectivity index (χ3n) is 4.41. The topological polar surface area (TPSA) is 71.8 Å². The highest BCUT2D eigenvalue weighted by Crippen LogP contribution is 2.28. The van der Waals surface area contributed by atoms with Gasteiger partial charge in [-0.05, 0) is 37.6 Å². The molecule has 3 rings (SSSR count). The molecule has 6 nitrogen and oxygen atoms in total. The van der Waals surface area contributed by atoms with Gasteiger partial charge in [-0.25, -0.2) is 9.67 Å². The number of aryl methyl sites for hydroxylation is 1. The summed E-state index contributed by atoms with van der Waals surface area (Å²) in [5.41, 5.74) is 2.31. The van der Waals surface area contributed by atoms with Gasteiger partial charge in [-0.1, -0.05) is 18.2 Å². The Morgan fingerprint density at radius 1 is 1.07 bits per heavy atom. The van der Waals surface area contributed by atoms with Crippen molar-refractivity contribution < 1.29 is 18.0 Å². The Kier molecular flexibility index (Phi) is 5.86. The zero-order valence-electron chi connectivity index (χ0n) is 15.9. The normalized spacial score (nSPS) is 11.3. The molecule has 2 aromatic heterocycles. The number of para-hydroxylation sites is 1. The number of hydrogen-bond donors (Lipinski definition) is 2. The van der Waals surface area contributed by atoms with Gasteiger partial charge in [-0.2, -0.15) is 18.3 Å². The number of hydrogen-bond acceptors (Lipinski definition) is 4. The molecular formula is C20H20F3N5O. The Morgan fingerprint density at radius 3 is 2.48 bits per heavy atom. The van der Waals surface area contributed by atoms with Crippen molar-refractivity contribution in [3.05, 3.63) is 71.2 Å². The van der Waals surface area contributed by atoms with Crippen LogP contribution in [0, 0.1) is 13.8 Å². The highest BCUT2D eigenvalue weighted by molar-refractivity contribution is 5.95. The maximum absolute atomic E-state index is 12.5. The summed E-state index contributed by atoms with van der Waals surface area (Å²) < 4.78 is 39.3. The van der Waals surface area contributed by atoms with E-state index in [2.05, 4.69) is 20.7 Å². The van der Waals surface area contributed by atoms with Gasteiger partial charge in [0.1, 0.15) is 5.82 Å². The van der Waals surface area contributed by atoms with Crippen LogP contribution in [0.5, 0.6) is 0 Å². The first-order chi connectivity index (χ1) is 13.8. The van der Waals surface area contributed by atoms with E-state index < -0.39 is 11.7 Å². The predicted octanol–water partition coefficient (Wildman–Crippen LogP) is 3.74. The number of carbonyl (C=O) groups is 1. The average Bonchev–Trinajstić information content (AvgIpc) is 3.06. The van der Waals surface area contributed by atoms with Gasteiger partial charge in [-0.3, -0.25) is 4.79 Å². The van der Waals surface area contributed by atoms with Gasteiger partial charge in [-0.15, -0.1) is 0 Å². The van der Waals surface area contributed by atoms with Gasteiger partial charge in [0.2, 0.25) is 0 Å². The van der Waals surface area contributed by atoms with Gasteiger partial charge in [0.05, 0.1) is 28.7 Å². The molecule has 1 amide bonds. The summed E-state index contributed by atoms with van der Waals surface area (Å²) in [4.78, 5) is 16.2. The number of nitrogens with zero attached hydrogens (tertiary/aromatic N) is 3. The van der Waals surface area contributed by atoms with Crippen molar-refractivity contribution in [3.8, 4) is 5.69 Å². The highest BCUT2D eigenvalue weighted by atomic mass is 19.4. The fourth-order valence-corrected chi connectivity index (χ4v) is 2.80. The first-order valence-electron chi connectivity index (χ1n) is 8.93. The zero-order chi connectivity index (χ0) is 21.0. The molecule has 152 valence electrons. The first-order valence-corrected chi connectivity index (χ1v) is 8.93. The van der Waals surface area contributed by atoms with Crippen LogP contribution in [0.4, 0.5) is 19.0 Å². The number of aromatic nitrogens is 3. The second-order valence-corrected chi connectivity index (χ2v) is 6.45. The molecule has 29 heavy (non-hydrogen) atoms. The molecule has 0 radical (unpaired) electrons. The molecule has 0 saturated heterocycles. The van der Waals surface area contributed by atoms with Crippen molar-refractivity contribution in [2.24, 2.45) is 0 Å². The molecular weight excluding hydrogens is 383 g/mol. The summed E-state index contributed by atoms with van der Waals surface area (Å²) in [6.45, 7) is 4.38. The lowest BCUT2D eigenvalue weighted by atomic mass is 10.2. The van der Waals surface area contributed by atoms with Crippen molar-refractivity contribution in [2.75, 3.05) is 18.4 Å². The molecule has 1 aromatic carbocycles. The van der Waals surface area contributed by atoms with E-state index in [0.717, 1.165) is 23.5 Å². The molecule has 0 atom stereocenters. The number of halogens is 3. The fourth-order valence-electron chi connectivity index (χ4n) is 2.80. The predicted molar refractivity (Wildman–Crippen MR) is 103 cm³/mol. The minimum Gasteiger partial charge on any atom is -0.368 e. The van der Waals surface area contributed by atoms with Gasteiger partial charge in [0, 0.05) is 19.3 Å². The third kappa shape index (κ3) is 4.74. The Morgan fingerprint density at radius 2 is 1.83 bits per heavy atom. The number of anilines is 1. The molecule has 0 aliphatic carbocycles. The summed E-state index contributed by atoms with van der Waals surface area (Å²) in [7, 11) is 0. The standard InChI is InChI=1S/C20H20F3N5O/c1-13-5-3-4-6-17(13)28-14(2)16(12-27-28)19(29)25-10-9-24-18-8-7-15(11-26-18)20(21,22)23/h3-8,11-12H,9-10H2,1-2H3,(H,24,26)(H,25,29). The summed E-state index contributed by atoms with van der Waals surface area (Å²) in [6.07, 6.45) is -2.13. The molecule has 0 aliphatic rings. The van der Waals surface area contributed by atoms with E-state index in [1.807, 2.05) is 38.1 Å². The molecule has 9 heteroatoms. The number of alkyl halides is 3. The summed E-state index contributed by atoms with van der Waals surface area (Å²) in [6, 6.07) is 9.95. The summed E-state index contributed by atoms with van der Waals surface area (Å²) in [5.74, 6) is 0.0281. The van der Waals surface area contributed by atoms with Crippen molar-refractivity contribution in [1.82, 2.24) is 20.1 Å². The Hall–Kier alpha value is -3.36. The largest absolute Gasteiger partial charge is 0.417 e. The van der Waals surface area contributed by atoms with Gasteiger partial charge in [0.25, 0.3) is 5.91 Å². The molecule has 0 aliphatic heterocycles. The van der Waals surface area contributed by atoms with Crippen LogP contribution in [0.1, 0.15) is 27.2 Å². The van der Waals surface area contributed by atoms with Crippen molar-refractivity contribution in [1.29, 1.82) is 0 Å². The summed E-state index contributed by atoms with van der Waals surface area (Å²) >= 11 is 0. The van der Waals surface area contributed by atoms with E-state index in [0.29, 0.717) is 23.6 Å². The molecule has 0 bridgehead atoms. The highest BCUT2D eigenvalue weighted by Gasteiger charge is 2.30. The Labute approximate surface area is 165 Å². The van der Waals surface area contributed by atoms with Crippen LogP contribution in [-0.4, -0.2) is 33.8 Å². The van der Waals surface area contributed by atoms with Gasteiger partial charge >= 0.3 is 6.18 Å². The number of nitrogens with one attached hydrogen (secondary N) is 2. The molecule has 0 fully saturated rings. The first kappa shape index (κ1) is 20.4. The number of rotatable bonds is 6. The van der Waals surface area contributed by atoms with Crippen molar-refractivity contribution in [2.45, 2.75) is 20.0 Å². The summed E-state index contributed by atoms with van der Waals surface area (Å²) in [5, 5.41) is 9.94. The monoisotopic (exact) mass is 403 g/mol. The van der Waals surface area contributed by atoms with Crippen LogP contribution >= 0.6 is 0 Å².